The second-order valence-corrected chi connectivity index (χ2v) is 8.30. The first kappa shape index (κ1) is 16.3. The SMILES string of the molecule is CN1CCCc2c(c3cc(F)ccc3n2S(=O)(=O)c2ccccc2)C1. The standard InChI is InChI=1S/C19H19FN2O2S/c1-21-11-5-8-18-17(13-21)16-12-14(20)9-10-19(16)22(18)25(23,24)15-6-3-2-4-7-15/h2-4,6-7,9-10,12H,5,8,11,13H2,1H3. The van der Waals surface area contributed by atoms with E-state index in [9.17, 15) is 12.8 Å². The van der Waals surface area contributed by atoms with Crippen LogP contribution in [0.25, 0.3) is 10.9 Å². The number of halogens is 1. The van der Waals surface area contributed by atoms with Gasteiger partial charge in [0, 0.05) is 17.6 Å². The molecule has 0 saturated carbocycles. The van der Waals surface area contributed by atoms with Crippen LogP contribution in [0.4, 0.5) is 4.39 Å². The van der Waals surface area contributed by atoms with Gasteiger partial charge in [-0.2, -0.15) is 0 Å². The number of rotatable bonds is 2. The van der Waals surface area contributed by atoms with Gasteiger partial charge in [0.15, 0.2) is 0 Å². The Balaban J connectivity index is 2.06. The van der Waals surface area contributed by atoms with Crippen molar-refractivity contribution in [1.29, 1.82) is 0 Å². The highest BCUT2D eigenvalue weighted by Gasteiger charge is 2.28. The first-order chi connectivity index (χ1) is 12.0. The highest BCUT2D eigenvalue weighted by Crippen LogP contribution is 2.33. The van der Waals surface area contributed by atoms with Crippen LogP contribution in [0.1, 0.15) is 17.7 Å². The van der Waals surface area contributed by atoms with Gasteiger partial charge in [-0.05, 0) is 62.3 Å². The maximum atomic E-state index is 13.9. The topological polar surface area (TPSA) is 42.3 Å². The van der Waals surface area contributed by atoms with Crippen molar-refractivity contribution < 1.29 is 12.8 Å². The van der Waals surface area contributed by atoms with Crippen molar-refractivity contribution in [2.24, 2.45) is 0 Å². The third kappa shape index (κ3) is 2.65. The van der Waals surface area contributed by atoms with Gasteiger partial charge >= 0.3 is 0 Å². The van der Waals surface area contributed by atoms with E-state index in [1.54, 1.807) is 36.4 Å². The molecule has 0 N–H and O–H groups in total. The predicted octanol–water partition coefficient (Wildman–Crippen LogP) is 3.40. The van der Waals surface area contributed by atoms with E-state index in [0.29, 0.717) is 23.9 Å². The zero-order valence-corrected chi connectivity index (χ0v) is 14.8. The molecular formula is C19H19FN2O2S. The Morgan fingerprint density at radius 2 is 1.84 bits per heavy atom. The summed E-state index contributed by atoms with van der Waals surface area (Å²) >= 11 is 0. The first-order valence-corrected chi connectivity index (χ1v) is 9.73. The van der Waals surface area contributed by atoms with E-state index in [2.05, 4.69) is 4.90 Å². The van der Waals surface area contributed by atoms with E-state index in [4.69, 9.17) is 0 Å². The molecule has 3 aromatic rings. The molecule has 0 bridgehead atoms. The summed E-state index contributed by atoms with van der Waals surface area (Å²) in [6.45, 7) is 1.50. The lowest BCUT2D eigenvalue weighted by atomic mass is 10.1. The molecule has 4 nitrogen and oxygen atoms in total. The summed E-state index contributed by atoms with van der Waals surface area (Å²) in [6.07, 6.45) is 1.52. The van der Waals surface area contributed by atoms with Crippen molar-refractivity contribution in [3.05, 3.63) is 65.6 Å². The summed E-state index contributed by atoms with van der Waals surface area (Å²) in [4.78, 5) is 2.40. The van der Waals surface area contributed by atoms with E-state index in [1.807, 2.05) is 7.05 Å². The van der Waals surface area contributed by atoms with Gasteiger partial charge in [-0.25, -0.2) is 16.8 Å². The average molecular weight is 358 g/mol. The van der Waals surface area contributed by atoms with Crippen molar-refractivity contribution in [2.75, 3.05) is 13.6 Å². The fraction of sp³-hybridized carbons (Fsp3) is 0.263. The Labute approximate surface area is 146 Å². The molecule has 1 aliphatic rings. The second-order valence-electron chi connectivity index (χ2n) is 6.51. The number of hydrogen-bond donors (Lipinski definition) is 0. The predicted molar refractivity (Wildman–Crippen MR) is 95.6 cm³/mol. The van der Waals surface area contributed by atoms with Gasteiger partial charge in [0.1, 0.15) is 5.82 Å². The van der Waals surface area contributed by atoms with Crippen LogP contribution in [0.2, 0.25) is 0 Å². The Bertz CT molecular complexity index is 1040. The van der Waals surface area contributed by atoms with Crippen LogP contribution in [0.15, 0.2) is 53.4 Å². The molecule has 0 amide bonds. The van der Waals surface area contributed by atoms with Crippen molar-refractivity contribution in [3.8, 4) is 0 Å². The molecule has 0 fully saturated rings. The van der Waals surface area contributed by atoms with Gasteiger partial charge in [0.2, 0.25) is 0 Å². The van der Waals surface area contributed by atoms with E-state index in [1.165, 1.54) is 16.1 Å². The number of aromatic nitrogens is 1. The minimum atomic E-state index is -3.73. The lowest BCUT2D eigenvalue weighted by molar-refractivity contribution is 0.333. The number of nitrogens with zero attached hydrogens (tertiary/aromatic N) is 2. The molecule has 0 radical (unpaired) electrons. The Morgan fingerprint density at radius 1 is 1.08 bits per heavy atom. The molecule has 25 heavy (non-hydrogen) atoms. The quantitative estimate of drug-likeness (QED) is 0.705. The molecule has 0 saturated heterocycles. The lowest BCUT2D eigenvalue weighted by Gasteiger charge is -2.12. The summed E-state index contributed by atoms with van der Waals surface area (Å²) in [5, 5.41) is 0.684. The smallest absolute Gasteiger partial charge is 0.268 e. The van der Waals surface area contributed by atoms with Crippen LogP contribution in [0, 0.1) is 5.82 Å². The molecule has 0 unspecified atom stereocenters. The number of fused-ring (bicyclic) bond motifs is 3. The molecular weight excluding hydrogens is 339 g/mol. The molecule has 1 aromatic heterocycles. The van der Waals surface area contributed by atoms with E-state index < -0.39 is 10.0 Å². The van der Waals surface area contributed by atoms with Crippen molar-refractivity contribution in [2.45, 2.75) is 24.3 Å². The van der Waals surface area contributed by atoms with Gasteiger partial charge in [-0.15, -0.1) is 0 Å². The number of benzene rings is 2. The normalized spacial score (nSPS) is 15.9. The third-order valence-electron chi connectivity index (χ3n) is 4.76. The highest BCUT2D eigenvalue weighted by molar-refractivity contribution is 7.90. The van der Waals surface area contributed by atoms with E-state index in [0.717, 1.165) is 24.2 Å². The van der Waals surface area contributed by atoms with Crippen LogP contribution in [0.5, 0.6) is 0 Å². The molecule has 1 aliphatic heterocycles. The van der Waals surface area contributed by atoms with Gasteiger partial charge in [-0.3, -0.25) is 0 Å². The zero-order valence-electron chi connectivity index (χ0n) is 13.9. The maximum Gasteiger partial charge on any atom is 0.268 e. The Hall–Kier alpha value is -2.18. The maximum absolute atomic E-state index is 13.9. The van der Waals surface area contributed by atoms with Crippen molar-refractivity contribution >= 4 is 20.9 Å². The Morgan fingerprint density at radius 3 is 2.60 bits per heavy atom. The van der Waals surface area contributed by atoms with Gasteiger partial charge in [-0.1, -0.05) is 18.2 Å². The number of hydrogen-bond acceptors (Lipinski definition) is 3. The summed E-state index contributed by atoms with van der Waals surface area (Å²) in [5.41, 5.74) is 2.23. The van der Waals surface area contributed by atoms with E-state index >= 15 is 0 Å². The molecule has 130 valence electrons. The fourth-order valence-corrected chi connectivity index (χ4v) is 5.24. The zero-order chi connectivity index (χ0) is 17.6. The fourth-order valence-electron chi connectivity index (χ4n) is 3.62. The van der Waals surface area contributed by atoms with E-state index in [-0.39, 0.29) is 10.7 Å². The van der Waals surface area contributed by atoms with Crippen molar-refractivity contribution in [1.82, 2.24) is 8.87 Å². The van der Waals surface area contributed by atoms with Crippen molar-refractivity contribution in [3.63, 3.8) is 0 Å². The molecule has 0 spiro atoms. The third-order valence-corrected chi connectivity index (χ3v) is 6.52. The first-order valence-electron chi connectivity index (χ1n) is 8.29. The molecule has 0 aliphatic carbocycles. The van der Waals surface area contributed by atoms with Gasteiger partial charge in [0.25, 0.3) is 10.0 Å². The summed E-state index contributed by atoms with van der Waals surface area (Å²) in [6, 6.07) is 12.7. The van der Waals surface area contributed by atoms with Crippen LogP contribution in [-0.2, 0) is 23.0 Å². The minimum Gasteiger partial charge on any atom is -0.302 e. The molecule has 0 atom stereocenters. The lowest BCUT2D eigenvalue weighted by Crippen LogP contribution is -2.17. The summed E-state index contributed by atoms with van der Waals surface area (Å²) in [5.74, 6) is -0.351. The minimum absolute atomic E-state index is 0.247. The van der Waals surface area contributed by atoms with Crippen LogP contribution in [0.3, 0.4) is 0 Å². The Kier molecular flexibility index (Phi) is 3.89. The van der Waals surface area contributed by atoms with Crippen LogP contribution < -0.4 is 0 Å². The molecule has 6 heteroatoms. The van der Waals surface area contributed by atoms with Crippen LogP contribution >= 0.6 is 0 Å². The van der Waals surface area contributed by atoms with Gasteiger partial charge in [0.05, 0.1) is 10.4 Å². The molecule has 4 rings (SSSR count). The van der Waals surface area contributed by atoms with Gasteiger partial charge < -0.3 is 4.90 Å². The monoisotopic (exact) mass is 358 g/mol. The molecule has 2 heterocycles. The summed E-state index contributed by atoms with van der Waals surface area (Å²) < 4.78 is 41.9. The second kappa shape index (κ2) is 5.97. The largest absolute Gasteiger partial charge is 0.302 e. The van der Waals surface area contributed by atoms with Crippen LogP contribution in [-0.4, -0.2) is 30.9 Å². The highest BCUT2D eigenvalue weighted by atomic mass is 32.2. The summed E-state index contributed by atoms with van der Waals surface area (Å²) in [7, 11) is -1.73. The average Bonchev–Trinajstić information content (AvgIpc) is 2.76. The molecule has 2 aromatic carbocycles.